The summed E-state index contributed by atoms with van der Waals surface area (Å²) in [6.07, 6.45) is 0. The highest BCUT2D eigenvalue weighted by atomic mass is 35.5. The van der Waals surface area contributed by atoms with Crippen molar-refractivity contribution >= 4 is 17.5 Å². The van der Waals surface area contributed by atoms with E-state index in [0.29, 0.717) is 10.6 Å². The molecule has 0 aliphatic carbocycles. The maximum atomic E-state index is 11.7. The minimum Gasteiger partial charge on any atom is -0.394 e. The number of hydrogen-bond donors (Lipinski definition) is 2. The Labute approximate surface area is 94.1 Å². The Balaban J connectivity index is 2.87. The van der Waals surface area contributed by atoms with Crippen molar-refractivity contribution in [2.24, 2.45) is 0 Å². The predicted octanol–water partition coefficient (Wildman–Crippen LogP) is 1.76. The van der Waals surface area contributed by atoms with Crippen LogP contribution >= 0.6 is 11.6 Å². The van der Waals surface area contributed by atoms with Gasteiger partial charge in [0, 0.05) is 16.6 Å². The molecule has 0 bridgehead atoms. The first-order chi connectivity index (χ1) is 7.06. The summed E-state index contributed by atoms with van der Waals surface area (Å²) in [7, 11) is 0. The van der Waals surface area contributed by atoms with Crippen molar-refractivity contribution in [3.8, 4) is 0 Å². The summed E-state index contributed by atoms with van der Waals surface area (Å²) in [6.45, 7) is 3.45. The lowest BCUT2D eigenvalue weighted by atomic mass is 10.1. The number of halogens is 1. The van der Waals surface area contributed by atoms with Gasteiger partial charge in [-0.15, -0.1) is 0 Å². The smallest absolute Gasteiger partial charge is 0.251 e. The summed E-state index contributed by atoms with van der Waals surface area (Å²) >= 11 is 5.90. The second-order valence-corrected chi connectivity index (χ2v) is 3.88. The van der Waals surface area contributed by atoms with E-state index in [9.17, 15) is 4.79 Å². The molecular weight excluding hydrogens is 214 g/mol. The van der Waals surface area contributed by atoms with Crippen molar-refractivity contribution in [1.29, 1.82) is 0 Å². The van der Waals surface area contributed by atoms with E-state index in [1.54, 1.807) is 32.0 Å². The van der Waals surface area contributed by atoms with Gasteiger partial charge >= 0.3 is 0 Å². The van der Waals surface area contributed by atoms with E-state index in [0.717, 1.165) is 5.56 Å². The molecule has 1 atom stereocenters. The SMILES string of the molecule is Cc1c(Cl)cccc1C(=O)NC(C)CO. The fourth-order valence-corrected chi connectivity index (χ4v) is 1.38. The van der Waals surface area contributed by atoms with Crippen LogP contribution in [0.15, 0.2) is 18.2 Å². The monoisotopic (exact) mass is 227 g/mol. The molecule has 1 amide bonds. The van der Waals surface area contributed by atoms with E-state index in [4.69, 9.17) is 16.7 Å². The molecule has 0 aliphatic rings. The maximum Gasteiger partial charge on any atom is 0.251 e. The van der Waals surface area contributed by atoms with Gasteiger partial charge in [0.05, 0.1) is 6.61 Å². The van der Waals surface area contributed by atoms with E-state index in [1.807, 2.05) is 0 Å². The third-order valence-corrected chi connectivity index (χ3v) is 2.57. The van der Waals surface area contributed by atoms with Crippen molar-refractivity contribution in [2.45, 2.75) is 19.9 Å². The van der Waals surface area contributed by atoms with Gasteiger partial charge in [-0.3, -0.25) is 4.79 Å². The Kier molecular flexibility index (Phi) is 4.12. The largest absolute Gasteiger partial charge is 0.394 e. The lowest BCUT2D eigenvalue weighted by molar-refractivity contribution is 0.0921. The molecule has 0 aliphatic heterocycles. The lowest BCUT2D eigenvalue weighted by Crippen LogP contribution is -2.35. The van der Waals surface area contributed by atoms with Crippen LogP contribution in [-0.2, 0) is 0 Å². The van der Waals surface area contributed by atoms with Gasteiger partial charge in [0.1, 0.15) is 0 Å². The highest BCUT2D eigenvalue weighted by Gasteiger charge is 2.12. The molecule has 0 aromatic heterocycles. The number of carbonyl (C=O) groups excluding carboxylic acids is 1. The summed E-state index contributed by atoms with van der Waals surface area (Å²) in [4.78, 5) is 11.7. The van der Waals surface area contributed by atoms with Gasteiger partial charge in [-0.2, -0.15) is 0 Å². The molecule has 1 unspecified atom stereocenters. The number of hydrogen-bond acceptors (Lipinski definition) is 2. The number of carbonyl (C=O) groups is 1. The number of benzene rings is 1. The molecule has 2 N–H and O–H groups in total. The Morgan fingerprint density at radius 3 is 2.87 bits per heavy atom. The Morgan fingerprint density at radius 1 is 1.60 bits per heavy atom. The molecular formula is C11H14ClNO2. The van der Waals surface area contributed by atoms with Crippen molar-refractivity contribution in [3.05, 3.63) is 34.3 Å². The van der Waals surface area contributed by atoms with Gasteiger partial charge in [-0.25, -0.2) is 0 Å². The van der Waals surface area contributed by atoms with Gasteiger partial charge in [-0.05, 0) is 31.5 Å². The number of nitrogens with one attached hydrogen (secondary N) is 1. The highest BCUT2D eigenvalue weighted by Crippen LogP contribution is 2.18. The van der Waals surface area contributed by atoms with Gasteiger partial charge < -0.3 is 10.4 Å². The second-order valence-electron chi connectivity index (χ2n) is 3.47. The molecule has 3 nitrogen and oxygen atoms in total. The van der Waals surface area contributed by atoms with Gasteiger partial charge in [-0.1, -0.05) is 17.7 Å². The van der Waals surface area contributed by atoms with E-state index in [-0.39, 0.29) is 18.6 Å². The average molecular weight is 228 g/mol. The minimum atomic E-state index is -0.254. The fraction of sp³-hybridized carbons (Fsp3) is 0.364. The van der Waals surface area contributed by atoms with Gasteiger partial charge in [0.25, 0.3) is 5.91 Å². The Bertz CT molecular complexity index is 366. The van der Waals surface area contributed by atoms with E-state index >= 15 is 0 Å². The molecule has 0 spiro atoms. The van der Waals surface area contributed by atoms with Crippen LogP contribution in [0.3, 0.4) is 0 Å². The Morgan fingerprint density at radius 2 is 2.27 bits per heavy atom. The number of aliphatic hydroxyl groups excluding tert-OH is 1. The van der Waals surface area contributed by atoms with Crippen LogP contribution in [0.4, 0.5) is 0 Å². The molecule has 1 rings (SSSR count). The van der Waals surface area contributed by atoms with Crippen LogP contribution in [0.5, 0.6) is 0 Å². The van der Waals surface area contributed by atoms with E-state index < -0.39 is 0 Å². The maximum absolute atomic E-state index is 11.7. The number of rotatable bonds is 3. The first-order valence-corrected chi connectivity index (χ1v) is 5.11. The molecule has 0 saturated carbocycles. The van der Waals surface area contributed by atoms with E-state index in [2.05, 4.69) is 5.32 Å². The normalized spacial score (nSPS) is 12.3. The lowest BCUT2D eigenvalue weighted by Gasteiger charge is -2.12. The van der Waals surface area contributed by atoms with Crippen LogP contribution in [0.25, 0.3) is 0 Å². The van der Waals surface area contributed by atoms with Crippen LogP contribution in [-0.4, -0.2) is 23.7 Å². The van der Waals surface area contributed by atoms with Crippen molar-refractivity contribution in [1.82, 2.24) is 5.32 Å². The number of amides is 1. The average Bonchev–Trinajstić information content (AvgIpc) is 2.21. The van der Waals surface area contributed by atoms with Crippen molar-refractivity contribution in [3.63, 3.8) is 0 Å². The summed E-state index contributed by atoms with van der Waals surface area (Å²) in [5, 5.41) is 12.0. The predicted molar refractivity (Wildman–Crippen MR) is 60.2 cm³/mol. The second kappa shape index (κ2) is 5.14. The van der Waals surface area contributed by atoms with E-state index in [1.165, 1.54) is 0 Å². The molecule has 1 aromatic carbocycles. The van der Waals surface area contributed by atoms with Crippen LogP contribution in [0.1, 0.15) is 22.8 Å². The zero-order chi connectivity index (χ0) is 11.4. The highest BCUT2D eigenvalue weighted by molar-refractivity contribution is 6.31. The van der Waals surface area contributed by atoms with Crippen LogP contribution in [0.2, 0.25) is 5.02 Å². The number of aliphatic hydroxyl groups is 1. The molecule has 82 valence electrons. The summed E-state index contributed by atoms with van der Waals surface area (Å²) < 4.78 is 0. The summed E-state index contributed by atoms with van der Waals surface area (Å²) in [6, 6.07) is 4.92. The zero-order valence-corrected chi connectivity index (χ0v) is 9.51. The molecule has 0 radical (unpaired) electrons. The van der Waals surface area contributed by atoms with Crippen LogP contribution in [0, 0.1) is 6.92 Å². The van der Waals surface area contributed by atoms with Gasteiger partial charge in [0.15, 0.2) is 0 Å². The fourth-order valence-electron chi connectivity index (χ4n) is 1.20. The Hall–Kier alpha value is -1.06. The molecule has 0 fully saturated rings. The quantitative estimate of drug-likeness (QED) is 0.827. The standard InChI is InChI=1S/C11H14ClNO2/c1-7(6-14)13-11(15)9-4-3-5-10(12)8(9)2/h3-5,7,14H,6H2,1-2H3,(H,13,15). The van der Waals surface area contributed by atoms with Gasteiger partial charge in [0.2, 0.25) is 0 Å². The molecule has 0 heterocycles. The first-order valence-electron chi connectivity index (χ1n) is 4.73. The summed E-state index contributed by atoms with van der Waals surface area (Å²) in [5.74, 6) is -0.212. The van der Waals surface area contributed by atoms with Crippen molar-refractivity contribution in [2.75, 3.05) is 6.61 Å². The molecule has 15 heavy (non-hydrogen) atoms. The molecule has 4 heteroatoms. The van der Waals surface area contributed by atoms with Crippen molar-refractivity contribution < 1.29 is 9.90 Å². The van der Waals surface area contributed by atoms with Crippen LogP contribution < -0.4 is 5.32 Å². The third-order valence-electron chi connectivity index (χ3n) is 2.16. The summed E-state index contributed by atoms with van der Waals surface area (Å²) in [5.41, 5.74) is 1.30. The molecule has 1 aromatic rings. The molecule has 0 saturated heterocycles. The zero-order valence-electron chi connectivity index (χ0n) is 8.75. The first kappa shape index (κ1) is 12.0. The third kappa shape index (κ3) is 2.94. The minimum absolute atomic E-state index is 0.0780. The topological polar surface area (TPSA) is 49.3 Å².